The molecule has 0 aliphatic heterocycles. The van der Waals surface area contributed by atoms with Gasteiger partial charge in [-0.05, 0) is 23.1 Å². The van der Waals surface area contributed by atoms with Gasteiger partial charge in [0.1, 0.15) is 0 Å². The molecule has 0 aliphatic rings. The van der Waals surface area contributed by atoms with Crippen LogP contribution in [0.1, 0.15) is 30.9 Å². The number of carbonyl (C=O) groups excluding carboxylic acids is 1. The van der Waals surface area contributed by atoms with Crippen LogP contribution in [0, 0.1) is 6.07 Å². The summed E-state index contributed by atoms with van der Waals surface area (Å²) in [6, 6.07) is 8.88. The van der Waals surface area contributed by atoms with Crippen molar-refractivity contribution in [1.82, 2.24) is 0 Å². The molecule has 69 valence electrons. The van der Waals surface area contributed by atoms with Crippen molar-refractivity contribution in [3.63, 3.8) is 0 Å². The molecule has 1 aromatic carbocycles. The lowest BCUT2D eigenvalue weighted by Crippen LogP contribution is -2.13. The van der Waals surface area contributed by atoms with E-state index in [1.807, 2.05) is 18.2 Å². The second-order valence-corrected chi connectivity index (χ2v) is 3.45. The molecule has 0 aromatic heterocycles. The maximum Gasteiger partial charge on any atom is 0.221 e. The van der Waals surface area contributed by atoms with Crippen molar-refractivity contribution in [2.75, 3.05) is 0 Å². The van der Waals surface area contributed by atoms with Crippen LogP contribution in [0.15, 0.2) is 18.2 Å². The van der Waals surface area contributed by atoms with E-state index in [-0.39, 0.29) is 12.3 Å². The van der Waals surface area contributed by atoms with Crippen molar-refractivity contribution in [3.8, 4) is 0 Å². The van der Waals surface area contributed by atoms with Gasteiger partial charge in [0.2, 0.25) is 5.91 Å². The van der Waals surface area contributed by atoms with E-state index < -0.39 is 0 Å². The summed E-state index contributed by atoms with van der Waals surface area (Å²) in [7, 11) is 0. The largest absolute Gasteiger partial charge is 0.369 e. The van der Waals surface area contributed by atoms with Crippen molar-refractivity contribution in [2.24, 2.45) is 5.73 Å². The fourth-order valence-corrected chi connectivity index (χ4v) is 1.13. The lowest BCUT2D eigenvalue weighted by molar-refractivity contribution is -0.117. The molecule has 1 aromatic rings. The molecule has 0 spiro atoms. The molecule has 0 unspecified atom stereocenters. The van der Waals surface area contributed by atoms with E-state index in [1.54, 1.807) is 0 Å². The molecule has 2 heteroatoms. The average Bonchev–Trinajstić information content (AvgIpc) is 2.04. The van der Waals surface area contributed by atoms with Gasteiger partial charge in [-0.15, -0.1) is 0 Å². The van der Waals surface area contributed by atoms with E-state index >= 15 is 0 Å². The van der Waals surface area contributed by atoms with Gasteiger partial charge in [0.15, 0.2) is 0 Å². The Morgan fingerprint density at radius 3 is 2.62 bits per heavy atom. The smallest absolute Gasteiger partial charge is 0.221 e. The van der Waals surface area contributed by atoms with Gasteiger partial charge in [-0.2, -0.15) is 0 Å². The van der Waals surface area contributed by atoms with Gasteiger partial charge in [0.05, 0.1) is 6.42 Å². The molecule has 0 bridgehead atoms. The molecule has 2 N–H and O–H groups in total. The number of rotatable bonds is 3. The summed E-state index contributed by atoms with van der Waals surface area (Å²) in [5.41, 5.74) is 7.15. The number of carbonyl (C=O) groups is 1. The Balaban J connectivity index is 2.75. The SMILES string of the molecule is CC(C)c1c[c]c(CC(N)=O)cc1. The van der Waals surface area contributed by atoms with E-state index in [0.717, 1.165) is 5.56 Å². The summed E-state index contributed by atoms with van der Waals surface area (Å²) in [6.45, 7) is 4.24. The van der Waals surface area contributed by atoms with Gasteiger partial charge in [-0.25, -0.2) is 0 Å². The fraction of sp³-hybridized carbons (Fsp3) is 0.364. The predicted octanol–water partition coefficient (Wildman–Crippen LogP) is 1.64. The third-order valence-electron chi connectivity index (χ3n) is 1.93. The van der Waals surface area contributed by atoms with Crippen LogP contribution in [-0.4, -0.2) is 5.91 Å². The maximum atomic E-state index is 10.6. The third kappa shape index (κ3) is 2.90. The van der Waals surface area contributed by atoms with Crippen LogP contribution in [0.25, 0.3) is 0 Å². The molecule has 0 saturated carbocycles. The molecule has 0 heterocycles. The average molecular weight is 176 g/mol. The molecule has 0 fully saturated rings. The number of hydrogen-bond acceptors (Lipinski definition) is 1. The fourth-order valence-electron chi connectivity index (χ4n) is 1.13. The molecule has 0 atom stereocenters. The minimum absolute atomic E-state index is 0.276. The summed E-state index contributed by atoms with van der Waals surface area (Å²) in [5.74, 6) is 0.187. The number of benzene rings is 1. The lowest BCUT2D eigenvalue weighted by atomic mass is 10.0. The first-order chi connectivity index (χ1) is 6.09. The summed E-state index contributed by atoms with van der Waals surface area (Å²) in [5, 5.41) is 0. The van der Waals surface area contributed by atoms with E-state index in [9.17, 15) is 4.79 Å². The molecular weight excluding hydrogens is 162 g/mol. The van der Waals surface area contributed by atoms with Crippen LogP contribution < -0.4 is 5.73 Å². The van der Waals surface area contributed by atoms with Crippen molar-refractivity contribution in [1.29, 1.82) is 0 Å². The number of amides is 1. The van der Waals surface area contributed by atoms with Gasteiger partial charge in [-0.3, -0.25) is 4.79 Å². The van der Waals surface area contributed by atoms with E-state index in [1.165, 1.54) is 5.56 Å². The Bertz CT molecular complexity index is 287. The van der Waals surface area contributed by atoms with E-state index in [2.05, 4.69) is 19.9 Å². The highest BCUT2D eigenvalue weighted by atomic mass is 16.1. The molecule has 1 rings (SSSR count). The Morgan fingerprint density at radius 1 is 1.54 bits per heavy atom. The molecule has 13 heavy (non-hydrogen) atoms. The Labute approximate surface area is 78.8 Å². The second-order valence-electron chi connectivity index (χ2n) is 3.45. The summed E-state index contributed by atoms with van der Waals surface area (Å²) >= 11 is 0. The lowest BCUT2D eigenvalue weighted by Gasteiger charge is -2.04. The topological polar surface area (TPSA) is 43.1 Å². The van der Waals surface area contributed by atoms with Gasteiger partial charge >= 0.3 is 0 Å². The summed E-state index contributed by atoms with van der Waals surface area (Å²) < 4.78 is 0. The highest BCUT2D eigenvalue weighted by Crippen LogP contribution is 2.14. The standard InChI is InChI=1S/C11H14NO/c1-8(2)10-5-3-9(4-6-10)7-11(12)13/h3,5-6,8H,7H2,1-2H3,(H2,12,13). The van der Waals surface area contributed by atoms with E-state index in [0.29, 0.717) is 5.92 Å². The summed E-state index contributed by atoms with van der Waals surface area (Å²) in [6.07, 6.45) is 0.276. The maximum absolute atomic E-state index is 10.6. The van der Waals surface area contributed by atoms with E-state index in [4.69, 9.17) is 5.73 Å². The van der Waals surface area contributed by atoms with Crippen molar-refractivity contribution in [2.45, 2.75) is 26.2 Å². The third-order valence-corrected chi connectivity index (χ3v) is 1.93. The zero-order valence-electron chi connectivity index (χ0n) is 8.00. The molecule has 1 radical (unpaired) electrons. The number of hydrogen-bond donors (Lipinski definition) is 1. The zero-order chi connectivity index (χ0) is 9.84. The Kier molecular flexibility index (Phi) is 3.07. The minimum Gasteiger partial charge on any atom is -0.369 e. The Morgan fingerprint density at radius 2 is 2.23 bits per heavy atom. The van der Waals surface area contributed by atoms with Gasteiger partial charge in [0, 0.05) is 0 Å². The van der Waals surface area contributed by atoms with Gasteiger partial charge < -0.3 is 5.73 Å². The normalized spacial score (nSPS) is 10.4. The minimum atomic E-state index is -0.312. The Hall–Kier alpha value is -1.31. The van der Waals surface area contributed by atoms with Crippen LogP contribution in [0.5, 0.6) is 0 Å². The molecule has 0 aliphatic carbocycles. The van der Waals surface area contributed by atoms with Gasteiger partial charge in [-0.1, -0.05) is 32.0 Å². The van der Waals surface area contributed by atoms with Crippen LogP contribution in [0.2, 0.25) is 0 Å². The van der Waals surface area contributed by atoms with Gasteiger partial charge in [0.25, 0.3) is 0 Å². The molecule has 2 nitrogen and oxygen atoms in total. The second kappa shape index (κ2) is 4.08. The number of nitrogens with two attached hydrogens (primary N) is 1. The first-order valence-corrected chi connectivity index (χ1v) is 4.38. The number of primary amides is 1. The van der Waals surface area contributed by atoms with Crippen LogP contribution in [0.4, 0.5) is 0 Å². The monoisotopic (exact) mass is 176 g/mol. The van der Waals surface area contributed by atoms with Crippen LogP contribution in [0.3, 0.4) is 0 Å². The van der Waals surface area contributed by atoms with Crippen molar-refractivity contribution in [3.05, 3.63) is 35.4 Å². The first-order valence-electron chi connectivity index (χ1n) is 4.38. The van der Waals surface area contributed by atoms with Crippen molar-refractivity contribution >= 4 is 5.91 Å². The summed E-state index contributed by atoms with van der Waals surface area (Å²) in [4.78, 5) is 10.6. The molecular formula is C11H14NO. The first kappa shape index (κ1) is 9.78. The highest BCUT2D eigenvalue weighted by Gasteiger charge is 2.01. The quantitative estimate of drug-likeness (QED) is 0.747. The van der Waals surface area contributed by atoms with Crippen molar-refractivity contribution < 1.29 is 4.79 Å². The highest BCUT2D eigenvalue weighted by molar-refractivity contribution is 5.76. The molecule has 0 saturated heterocycles. The molecule has 1 amide bonds. The van der Waals surface area contributed by atoms with Crippen LogP contribution >= 0.6 is 0 Å². The predicted molar refractivity (Wildman–Crippen MR) is 52.3 cm³/mol. The zero-order valence-corrected chi connectivity index (χ0v) is 8.00. The van der Waals surface area contributed by atoms with Crippen LogP contribution in [-0.2, 0) is 11.2 Å².